The summed E-state index contributed by atoms with van der Waals surface area (Å²) in [6, 6.07) is 0.831. The van der Waals surface area contributed by atoms with Gasteiger partial charge in [-0.25, -0.2) is 4.79 Å². The minimum atomic E-state index is -0.307. The van der Waals surface area contributed by atoms with E-state index in [9.17, 15) is 4.79 Å². The minimum absolute atomic E-state index is 0.207. The van der Waals surface area contributed by atoms with Crippen molar-refractivity contribution in [1.82, 2.24) is 4.90 Å². The van der Waals surface area contributed by atoms with Crippen LogP contribution in [0.5, 0.6) is 0 Å². The van der Waals surface area contributed by atoms with Crippen LogP contribution in [-0.2, 0) is 9.53 Å². The van der Waals surface area contributed by atoms with Crippen molar-refractivity contribution < 1.29 is 9.53 Å². The van der Waals surface area contributed by atoms with E-state index in [1.54, 1.807) is 0 Å². The lowest BCUT2D eigenvalue weighted by atomic mass is 10.0. The first-order chi connectivity index (χ1) is 26.5. The predicted octanol–water partition coefficient (Wildman–Crippen LogP) is 17.8. The molecule has 3 unspecified atom stereocenters. The Morgan fingerprint density at radius 3 is 0.815 bits per heavy atom. The van der Waals surface area contributed by atoms with Crippen LogP contribution in [0.4, 0.5) is 0 Å². The second-order valence-corrected chi connectivity index (χ2v) is 17.7. The van der Waals surface area contributed by atoms with Crippen molar-refractivity contribution in [3.8, 4) is 0 Å². The zero-order valence-electron chi connectivity index (χ0n) is 38.1. The topological polar surface area (TPSA) is 29.5 Å². The van der Waals surface area contributed by atoms with Crippen molar-refractivity contribution in [2.24, 2.45) is 0 Å². The van der Waals surface area contributed by atoms with Crippen LogP contribution in [-0.4, -0.2) is 29.2 Å². The Balaban J connectivity index is 3.92. The molecule has 3 heteroatoms. The van der Waals surface area contributed by atoms with Crippen LogP contribution in [0.15, 0.2) is 12.7 Å². The van der Waals surface area contributed by atoms with Crippen molar-refractivity contribution in [3.63, 3.8) is 0 Å². The molecule has 0 fully saturated rings. The molecule has 0 aromatic heterocycles. The zero-order chi connectivity index (χ0) is 39.6. The number of hydrogen-bond acceptors (Lipinski definition) is 3. The molecule has 0 aliphatic rings. The molecule has 0 aliphatic heterocycles. The van der Waals surface area contributed by atoms with Gasteiger partial charge >= 0.3 is 5.97 Å². The van der Waals surface area contributed by atoms with Gasteiger partial charge in [-0.2, -0.15) is 0 Å². The van der Waals surface area contributed by atoms with Gasteiger partial charge in [0.25, 0.3) is 0 Å². The summed E-state index contributed by atoms with van der Waals surface area (Å²) >= 11 is 0. The maximum Gasteiger partial charge on any atom is 0.331 e. The van der Waals surface area contributed by atoms with Gasteiger partial charge in [-0.15, -0.1) is 0 Å². The number of unbranched alkanes of at least 4 members (excludes halogenated alkanes) is 36. The molecule has 0 bridgehead atoms. The Labute approximate surface area is 341 Å². The monoisotopic (exact) mass is 760 g/mol. The summed E-state index contributed by atoms with van der Waals surface area (Å²) in [6.45, 7) is 15.0. The van der Waals surface area contributed by atoms with E-state index in [1.165, 1.54) is 263 Å². The molecular formula is C51H101NO2. The third-order valence-corrected chi connectivity index (χ3v) is 12.3. The predicted molar refractivity (Wildman–Crippen MR) is 243 cm³/mol. The molecule has 0 N–H and O–H groups in total. The Bertz CT molecular complexity index is 704. The summed E-state index contributed by atoms with van der Waals surface area (Å²) < 4.78 is 5.76. The second-order valence-electron chi connectivity index (χ2n) is 17.7. The molecule has 0 aromatic rings. The SMILES string of the molecule is C=CC(=O)OC(C)N(C(C)CCCCCCCCCCCCCCCCCCCCC)C(C)CCCCCCCCCCCCCCCCCCCCC. The van der Waals surface area contributed by atoms with Gasteiger partial charge in [0.2, 0.25) is 0 Å². The summed E-state index contributed by atoms with van der Waals surface area (Å²) in [6.07, 6.45) is 57.3. The summed E-state index contributed by atoms with van der Waals surface area (Å²) in [4.78, 5) is 14.6. The van der Waals surface area contributed by atoms with E-state index in [4.69, 9.17) is 4.74 Å². The average molecular weight is 760 g/mol. The van der Waals surface area contributed by atoms with Gasteiger partial charge in [0.15, 0.2) is 6.23 Å². The normalized spacial score (nSPS) is 13.4. The fourth-order valence-corrected chi connectivity index (χ4v) is 8.76. The molecule has 0 radical (unpaired) electrons. The van der Waals surface area contributed by atoms with Gasteiger partial charge in [-0.1, -0.05) is 264 Å². The molecule has 0 saturated heterocycles. The van der Waals surface area contributed by atoms with E-state index in [0.29, 0.717) is 12.1 Å². The van der Waals surface area contributed by atoms with Crippen LogP contribution < -0.4 is 0 Å². The van der Waals surface area contributed by atoms with Crippen LogP contribution in [0.25, 0.3) is 0 Å². The first kappa shape index (κ1) is 53.2. The molecule has 54 heavy (non-hydrogen) atoms. The van der Waals surface area contributed by atoms with Gasteiger partial charge in [0, 0.05) is 18.2 Å². The van der Waals surface area contributed by atoms with Crippen LogP contribution in [0.1, 0.15) is 291 Å². The number of ether oxygens (including phenoxy) is 1. The summed E-state index contributed by atoms with van der Waals surface area (Å²) in [7, 11) is 0. The lowest BCUT2D eigenvalue weighted by Gasteiger charge is -2.38. The van der Waals surface area contributed by atoms with Crippen LogP contribution in [0.3, 0.4) is 0 Å². The number of carbonyl (C=O) groups is 1. The van der Waals surface area contributed by atoms with Crippen molar-refractivity contribution in [2.75, 3.05) is 0 Å². The van der Waals surface area contributed by atoms with Gasteiger partial charge < -0.3 is 4.74 Å². The fourth-order valence-electron chi connectivity index (χ4n) is 8.76. The molecule has 0 amide bonds. The lowest BCUT2D eigenvalue weighted by molar-refractivity contribution is -0.156. The van der Waals surface area contributed by atoms with E-state index in [1.807, 2.05) is 0 Å². The summed E-state index contributed by atoms with van der Waals surface area (Å²) in [5.74, 6) is -0.307. The Morgan fingerprint density at radius 1 is 0.407 bits per heavy atom. The molecular weight excluding hydrogens is 659 g/mol. The molecule has 0 aromatic carbocycles. The first-order valence-corrected chi connectivity index (χ1v) is 25.1. The number of nitrogens with zero attached hydrogens (tertiary/aromatic N) is 1. The van der Waals surface area contributed by atoms with Crippen LogP contribution in [0.2, 0.25) is 0 Å². The number of hydrogen-bond donors (Lipinski definition) is 0. The van der Waals surface area contributed by atoms with Gasteiger partial charge in [-0.3, -0.25) is 4.90 Å². The standard InChI is InChI=1S/C51H101NO2/c1-7-10-12-14-16-18-20-22-24-26-28-30-32-34-36-38-40-42-44-46-48(4)52(50(6)54-51(53)9-3)49(5)47-45-43-41-39-37-35-33-31-29-27-25-23-21-19-17-15-13-11-8-2/h9,48-50H,3,7-8,10-47H2,1-2,4-6H3. The van der Waals surface area contributed by atoms with E-state index < -0.39 is 0 Å². The van der Waals surface area contributed by atoms with Crippen LogP contribution >= 0.6 is 0 Å². The van der Waals surface area contributed by atoms with Gasteiger partial charge in [0.1, 0.15) is 0 Å². The Morgan fingerprint density at radius 2 is 0.611 bits per heavy atom. The second kappa shape index (κ2) is 43.3. The van der Waals surface area contributed by atoms with E-state index in [2.05, 4.69) is 46.1 Å². The van der Waals surface area contributed by atoms with E-state index >= 15 is 0 Å². The molecule has 0 heterocycles. The van der Waals surface area contributed by atoms with Gasteiger partial charge in [-0.05, 0) is 33.6 Å². The molecule has 0 saturated carbocycles. The molecule has 0 aliphatic carbocycles. The minimum Gasteiger partial charge on any atom is -0.443 e. The highest BCUT2D eigenvalue weighted by molar-refractivity contribution is 5.81. The van der Waals surface area contributed by atoms with Crippen molar-refractivity contribution in [2.45, 2.75) is 310 Å². The maximum absolute atomic E-state index is 12.1. The highest BCUT2D eigenvalue weighted by atomic mass is 16.6. The largest absolute Gasteiger partial charge is 0.443 e. The Kier molecular flexibility index (Phi) is 42.6. The number of rotatable bonds is 45. The zero-order valence-corrected chi connectivity index (χ0v) is 38.1. The Hall–Kier alpha value is -0.830. The fraction of sp³-hybridized carbons (Fsp3) is 0.941. The van der Waals surface area contributed by atoms with E-state index in [-0.39, 0.29) is 12.2 Å². The molecule has 0 spiro atoms. The van der Waals surface area contributed by atoms with Crippen molar-refractivity contribution >= 4 is 5.97 Å². The van der Waals surface area contributed by atoms with E-state index in [0.717, 1.165) is 0 Å². The number of carbonyl (C=O) groups excluding carboxylic acids is 1. The highest BCUT2D eigenvalue weighted by Crippen LogP contribution is 2.23. The average Bonchev–Trinajstić information content (AvgIpc) is 3.16. The molecule has 3 nitrogen and oxygen atoms in total. The summed E-state index contributed by atoms with van der Waals surface area (Å²) in [5.41, 5.74) is 0. The molecule has 3 atom stereocenters. The third-order valence-electron chi connectivity index (χ3n) is 12.3. The number of esters is 1. The quantitative estimate of drug-likeness (QED) is 0.0268. The third kappa shape index (κ3) is 36.8. The first-order valence-electron chi connectivity index (χ1n) is 25.1. The lowest BCUT2D eigenvalue weighted by Crippen LogP contribution is -2.47. The van der Waals surface area contributed by atoms with Crippen LogP contribution in [0, 0.1) is 0 Å². The molecule has 322 valence electrons. The molecule has 0 rings (SSSR count). The summed E-state index contributed by atoms with van der Waals surface area (Å²) in [5, 5.41) is 0. The van der Waals surface area contributed by atoms with Crippen molar-refractivity contribution in [1.29, 1.82) is 0 Å². The van der Waals surface area contributed by atoms with Crippen molar-refractivity contribution in [3.05, 3.63) is 12.7 Å². The highest BCUT2D eigenvalue weighted by Gasteiger charge is 2.27. The van der Waals surface area contributed by atoms with Gasteiger partial charge in [0.05, 0.1) is 0 Å². The maximum atomic E-state index is 12.1. The smallest absolute Gasteiger partial charge is 0.331 e.